The summed E-state index contributed by atoms with van der Waals surface area (Å²) in [5, 5.41) is 0. The Hall–Kier alpha value is -1.94. The summed E-state index contributed by atoms with van der Waals surface area (Å²) in [6.45, 7) is 2.10. The summed E-state index contributed by atoms with van der Waals surface area (Å²) in [7, 11) is 0. The summed E-state index contributed by atoms with van der Waals surface area (Å²) >= 11 is 1.90. The SMILES string of the molecule is Cc1ccc(OCC(=O)N(c2ccccc2)[C@@H]2CCSC2)cc1. The molecule has 0 radical (unpaired) electrons. The predicted octanol–water partition coefficient (Wildman–Crippen LogP) is 3.91. The second-order valence-electron chi connectivity index (χ2n) is 5.72. The van der Waals surface area contributed by atoms with Crippen LogP contribution in [0.3, 0.4) is 0 Å². The summed E-state index contributed by atoms with van der Waals surface area (Å²) < 4.78 is 5.69. The maximum absolute atomic E-state index is 12.8. The van der Waals surface area contributed by atoms with Gasteiger partial charge in [0.15, 0.2) is 6.61 Å². The molecule has 3 rings (SSSR count). The monoisotopic (exact) mass is 327 g/mol. The third-order valence-electron chi connectivity index (χ3n) is 3.96. The molecule has 2 aromatic carbocycles. The van der Waals surface area contributed by atoms with E-state index in [4.69, 9.17) is 4.74 Å². The van der Waals surface area contributed by atoms with Gasteiger partial charge in [0.05, 0.1) is 0 Å². The Morgan fingerprint density at radius 3 is 2.57 bits per heavy atom. The van der Waals surface area contributed by atoms with Gasteiger partial charge in [-0.2, -0.15) is 11.8 Å². The molecule has 1 fully saturated rings. The quantitative estimate of drug-likeness (QED) is 0.834. The number of nitrogens with zero attached hydrogens (tertiary/aromatic N) is 1. The first kappa shape index (κ1) is 15.9. The lowest BCUT2D eigenvalue weighted by atomic mass is 10.2. The van der Waals surface area contributed by atoms with Crippen molar-refractivity contribution in [1.82, 2.24) is 0 Å². The van der Waals surface area contributed by atoms with E-state index in [1.165, 1.54) is 5.56 Å². The van der Waals surface area contributed by atoms with Crippen LogP contribution in [0.5, 0.6) is 5.75 Å². The maximum Gasteiger partial charge on any atom is 0.265 e. The zero-order valence-electron chi connectivity index (χ0n) is 13.3. The molecule has 1 atom stereocenters. The van der Waals surface area contributed by atoms with Crippen LogP contribution in [0.1, 0.15) is 12.0 Å². The Labute approximate surface area is 141 Å². The number of aryl methyl sites for hydroxylation is 1. The van der Waals surface area contributed by atoms with Crippen LogP contribution < -0.4 is 9.64 Å². The van der Waals surface area contributed by atoms with E-state index in [-0.39, 0.29) is 18.6 Å². The summed E-state index contributed by atoms with van der Waals surface area (Å²) in [5.41, 5.74) is 2.13. The van der Waals surface area contributed by atoms with E-state index in [1.54, 1.807) is 0 Å². The minimum absolute atomic E-state index is 0.0178. The molecule has 1 saturated heterocycles. The Morgan fingerprint density at radius 1 is 1.17 bits per heavy atom. The van der Waals surface area contributed by atoms with Crippen LogP contribution in [0.4, 0.5) is 5.69 Å². The van der Waals surface area contributed by atoms with Crippen molar-refractivity contribution in [2.45, 2.75) is 19.4 Å². The Balaban J connectivity index is 1.71. The zero-order chi connectivity index (χ0) is 16.1. The van der Waals surface area contributed by atoms with E-state index in [1.807, 2.05) is 78.2 Å². The number of rotatable bonds is 5. The fourth-order valence-electron chi connectivity index (χ4n) is 2.72. The minimum Gasteiger partial charge on any atom is -0.484 e. The van der Waals surface area contributed by atoms with Crippen molar-refractivity contribution in [3.63, 3.8) is 0 Å². The molecule has 0 spiro atoms. The fraction of sp³-hybridized carbons (Fsp3) is 0.316. The Morgan fingerprint density at radius 2 is 1.91 bits per heavy atom. The van der Waals surface area contributed by atoms with Crippen molar-refractivity contribution < 1.29 is 9.53 Å². The van der Waals surface area contributed by atoms with E-state index in [0.717, 1.165) is 29.4 Å². The molecular weight excluding hydrogens is 306 g/mol. The highest BCUT2D eigenvalue weighted by molar-refractivity contribution is 7.99. The van der Waals surface area contributed by atoms with Gasteiger partial charge in [0.25, 0.3) is 5.91 Å². The summed E-state index contributed by atoms with van der Waals surface area (Å²) in [5.74, 6) is 2.85. The number of para-hydroxylation sites is 1. The Kier molecular flexibility index (Phi) is 5.23. The third kappa shape index (κ3) is 4.08. The van der Waals surface area contributed by atoms with Crippen LogP contribution in [0.15, 0.2) is 54.6 Å². The van der Waals surface area contributed by atoms with Gasteiger partial charge in [-0.25, -0.2) is 0 Å². The van der Waals surface area contributed by atoms with Gasteiger partial charge in [0.1, 0.15) is 5.75 Å². The van der Waals surface area contributed by atoms with E-state index >= 15 is 0 Å². The highest BCUT2D eigenvalue weighted by atomic mass is 32.2. The predicted molar refractivity (Wildman–Crippen MR) is 96.3 cm³/mol. The van der Waals surface area contributed by atoms with E-state index in [9.17, 15) is 4.79 Å². The second kappa shape index (κ2) is 7.55. The van der Waals surface area contributed by atoms with Gasteiger partial charge >= 0.3 is 0 Å². The average Bonchev–Trinajstić information content (AvgIpc) is 3.10. The lowest BCUT2D eigenvalue weighted by molar-refractivity contribution is -0.121. The Bertz CT molecular complexity index is 636. The van der Waals surface area contributed by atoms with Gasteiger partial charge in [-0.3, -0.25) is 4.79 Å². The number of amides is 1. The lowest BCUT2D eigenvalue weighted by Gasteiger charge is -2.28. The van der Waals surface area contributed by atoms with Gasteiger partial charge < -0.3 is 9.64 Å². The number of carbonyl (C=O) groups excluding carboxylic acids is 1. The lowest BCUT2D eigenvalue weighted by Crippen LogP contribution is -2.43. The van der Waals surface area contributed by atoms with E-state index < -0.39 is 0 Å². The van der Waals surface area contributed by atoms with E-state index in [2.05, 4.69) is 0 Å². The highest BCUT2D eigenvalue weighted by Crippen LogP contribution is 2.27. The second-order valence-corrected chi connectivity index (χ2v) is 6.87. The summed E-state index contributed by atoms with van der Waals surface area (Å²) in [6, 6.07) is 17.9. The van der Waals surface area contributed by atoms with Gasteiger partial charge in [-0.05, 0) is 43.4 Å². The third-order valence-corrected chi connectivity index (χ3v) is 5.10. The summed E-state index contributed by atoms with van der Waals surface area (Å²) in [6.07, 6.45) is 1.04. The number of benzene rings is 2. The van der Waals surface area contributed by atoms with Crippen molar-refractivity contribution in [3.8, 4) is 5.75 Å². The van der Waals surface area contributed by atoms with E-state index in [0.29, 0.717) is 0 Å². The number of ether oxygens (including phenoxy) is 1. The van der Waals surface area contributed by atoms with Gasteiger partial charge in [0.2, 0.25) is 0 Å². The summed E-state index contributed by atoms with van der Waals surface area (Å²) in [4.78, 5) is 14.7. The van der Waals surface area contributed by atoms with Crippen molar-refractivity contribution in [2.75, 3.05) is 23.0 Å². The van der Waals surface area contributed by atoms with Gasteiger partial charge in [-0.1, -0.05) is 35.9 Å². The number of hydrogen-bond acceptors (Lipinski definition) is 3. The molecule has 2 aromatic rings. The van der Waals surface area contributed by atoms with Crippen molar-refractivity contribution >= 4 is 23.4 Å². The van der Waals surface area contributed by atoms with Gasteiger partial charge in [-0.15, -0.1) is 0 Å². The molecular formula is C19H21NO2S. The molecule has 0 aliphatic carbocycles. The maximum atomic E-state index is 12.8. The number of carbonyl (C=O) groups is 1. The minimum atomic E-state index is 0.0178. The van der Waals surface area contributed by atoms with Crippen molar-refractivity contribution in [3.05, 3.63) is 60.2 Å². The molecule has 1 aliphatic heterocycles. The molecule has 0 bridgehead atoms. The smallest absolute Gasteiger partial charge is 0.265 e. The molecule has 4 heteroatoms. The molecule has 23 heavy (non-hydrogen) atoms. The molecule has 1 amide bonds. The van der Waals surface area contributed by atoms with Crippen LogP contribution >= 0.6 is 11.8 Å². The molecule has 0 saturated carbocycles. The highest BCUT2D eigenvalue weighted by Gasteiger charge is 2.28. The van der Waals surface area contributed by atoms with Gasteiger partial charge in [0, 0.05) is 17.5 Å². The standard InChI is InChI=1S/C19H21NO2S/c1-15-7-9-18(10-8-15)22-13-19(21)20(17-11-12-23-14-17)16-5-3-2-4-6-16/h2-10,17H,11-14H2,1H3/t17-/m1/s1. The van der Waals surface area contributed by atoms with Crippen LogP contribution in [-0.4, -0.2) is 30.1 Å². The molecule has 120 valence electrons. The normalized spacial score (nSPS) is 17.0. The molecule has 1 heterocycles. The number of thioether (sulfide) groups is 1. The average molecular weight is 327 g/mol. The first-order valence-corrected chi connectivity index (χ1v) is 9.04. The first-order chi connectivity index (χ1) is 11.2. The zero-order valence-corrected chi connectivity index (χ0v) is 14.1. The van der Waals surface area contributed by atoms with Crippen LogP contribution in [-0.2, 0) is 4.79 Å². The first-order valence-electron chi connectivity index (χ1n) is 7.88. The molecule has 3 nitrogen and oxygen atoms in total. The molecule has 0 aromatic heterocycles. The van der Waals surface area contributed by atoms with Crippen LogP contribution in [0.25, 0.3) is 0 Å². The van der Waals surface area contributed by atoms with Crippen molar-refractivity contribution in [1.29, 1.82) is 0 Å². The number of anilines is 1. The van der Waals surface area contributed by atoms with Crippen LogP contribution in [0, 0.1) is 6.92 Å². The molecule has 0 N–H and O–H groups in total. The number of hydrogen-bond donors (Lipinski definition) is 0. The molecule has 1 aliphatic rings. The van der Waals surface area contributed by atoms with Crippen LogP contribution in [0.2, 0.25) is 0 Å². The molecule has 0 unspecified atom stereocenters. The largest absolute Gasteiger partial charge is 0.484 e. The fourth-order valence-corrected chi connectivity index (χ4v) is 3.92. The van der Waals surface area contributed by atoms with Crippen molar-refractivity contribution in [2.24, 2.45) is 0 Å². The topological polar surface area (TPSA) is 29.5 Å².